The standard InChI is InChI=1S/C5H9NO2/c1-8-4(7)5(6)2-3-5/h2-3,6H2,1H3/p+1. The number of carbonyl (C=O) groups is 1. The third kappa shape index (κ3) is 0.690. The third-order valence-electron chi connectivity index (χ3n) is 1.47. The van der Waals surface area contributed by atoms with Crippen LogP contribution in [0, 0.1) is 0 Å². The molecule has 0 amide bonds. The van der Waals surface area contributed by atoms with Gasteiger partial charge in [0.1, 0.15) is 0 Å². The minimum absolute atomic E-state index is 0.169. The van der Waals surface area contributed by atoms with Gasteiger partial charge >= 0.3 is 5.97 Å². The summed E-state index contributed by atoms with van der Waals surface area (Å²) >= 11 is 0. The van der Waals surface area contributed by atoms with E-state index in [1.807, 2.05) is 0 Å². The van der Waals surface area contributed by atoms with Gasteiger partial charge in [-0.1, -0.05) is 0 Å². The minimum atomic E-state index is -0.352. The number of methoxy groups -OCH3 is 1. The summed E-state index contributed by atoms with van der Waals surface area (Å²) in [4.78, 5) is 10.6. The van der Waals surface area contributed by atoms with Crippen LogP contribution in [-0.4, -0.2) is 18.6 Å². The van der Waals surface area contributed by atoms with Crippen molar-refractivity contribution in [3.8, 4) is 0 Å². The molecule has 1 aliphatic rings. The van der Waals surface area contributed by atoms with Crippen LogP contribution in [0.15, 0.2) is 0 Å². The number of hydrogen-bond acceptors (Lipinski definition) is 2. The van der Waals surface area contributed by atoms with E-state index >= 15 is 0 Å². The van der Waals surface area contributed by atoms with Crippen molar-refractivity contribution in [2.75, 3.05) is 7.11 Å². The summed E-state index contributed by atoms with van der Waals surface area (Å²) in [7, 11) is 1.40. The van der Waals surface area contributed by atoms with Crippen molar-refractivity contribution in [3.63, 3.8) is 0 Å². The van der Waals surface area contributed by atoms with Crippen molar-refractivity contribution < 1.29 is 15.3 Å². The molecule has 0 atom stereocenters. The van der Waals surface area contributed by atoms with E-state index < -0.39 is 0 Å². The van der Waals surface area contributed by atoms with Crippen LogP contribution in [0.3, 0.4) is 0 Å². The largest absolute Gasteiger partial charge is 0.464 e. The first-order valence-corrected chi connectivity index (χ1v) is 2.63. The summed E-state index contributed by atoms with van der Waals surface area (Å²) in [6.45, 7) is 0. The van der Waals surface area contributed by atoms with Crippen molar-refractivity contribution >= 4 is 5.97 Å². The normalized spacial score (nSPS) is 22.2. The Kier molecular flexibility index (Phi) is 1.01. The lowest BCUT2D eigenvalue weighted by atomic mass is 10.3. The lowest BCUT2D eigenvalue weighted by molar-refractivity contribution is -0.425. The first-order valence-electron chi connectivity index (χ1n) is 2.63. The number of rotatable bonds is 1. The second-order valence-corrected chi connectivity index (χ2v) is 2.27. The van der Waals surface area contributed by atoms with Gasteiger partial charge in [-0.3, -0.25) is 0 Å². The molecule has 0 aromatic carbocycles. The summed E-state index contributed by atoms with van der Waals surface area (Å²) in [6, 6.07) is 0. The van der Waals surface area contributed by atoms with Crippen LogP contribution in [0.4, 0.5) is 0 Å². The van der Waals surface area contributed by atoms with Gasteiger partial charge in [0.2, 0.25) is 0 Å². The number of quaternary nitrogens is 1. The van der Waals surface area contributed by atoms with Crippen LogP contribution in [0.5, 0.6) is 0 Å². The van der Waals surface area contributed by atoms with Gasteiger partial charge in [-0.2, -0.15) is 0 Å². The summed E-state index contributed by atoms with van der Waals surface area (Å²) < 4.78 is 4.48. The first-order chi connectivity index (χ1) is 3.69. The predicted octanol–water partition coefficient (Wildman–Crippen LogP) is -1.07. The molecule has 0 spiro atoms. The lowest BCUT2D eigenvalue weighted by Gasteiger charge is -1.99. The fraction of sp³-hybridized carbons (Fsp3) is 0.800. The highest BCUT2D eigenvalue weighted by Crippen LogP contribution is 2.30. The van der Waals surface area contributed by atoms with Gasteiger partial charge in [-0.05, 0) is 0 Å². The van der Waals surface area contributed by atoms with Crippen LogP contribution < -0.4 is 5.73 Å². The molecule has 0 aromatic heterocycles. The third-order valence-corrected chi connectivity index (χ3v) is 1.47. The second-order valence-electron chi connectivity index (χ2n) is 2.27. The molecule has 0 unspecified atom stereocenters. The van der Waals surface area contributed by atoms with Crippen molar-refractivity contribution in [1.82, 2.24) is 0 Å². The molecule has 3 nitrogen and oxygen atoms in total. The van der Waals surface area contributed by atoms with Crippen LogP contribution in [0.25, 0.3) is 0 Å². The van der Waals surface area contributed by atoms with E-state index in [-0.39, 0.29) is 11.5 Å². The molecule has 0 saturated heterocycles. The molecule has 0 aromatic rings. The molecule has 0 heterocycles. The second kappa shape index (κ2) is 1.45. The molecule has 0 aliphatic heterocycles. The quantitative estimate of drug-likeness (QED) is 0.444. The van der Waals surface area contributed by atoms with Gasteiger partial charge in [0.15, 0.2) is 5.54 Å². The van der Waals surface area contributed by atoms with Gasteiger partial charge in [0, 0.05) is 12.8 Å². The lowest BCUT2D eigenvalue weighted by Crippen LogP contribution is -2.68. The van der Waals surface area contributed by atoms with Gasteiger partial charge in [0.05, 0.1) is 7.11 Å². The number of ether oxygens (including phenoxy) is 1. The average molecular weight is 116 g/mol. The minimum Gasteiger partial charge on any atom is -0.464 e. The Morgan fingerprint density at radius 2 is 2.25 bits per heavy atom. The number of esters is 1. The maximum absolute atomic E-state index is 10.6. The molecule has 0 radical (unpaired) electrons. The molecule has 1 rings (SSSR count). The van der Waals surface area contributed by atoms with E-state index in [1.54, 1.807) is 0 Å². The van der Waals surface area contributed by atoms with Gasteiger partial charge < -0.3 is 10.5 Å². The molecule has 1 aliphatic carbocycles. The number of carbonyl (C=O) groups excluding carboxylic acids is 1. The predicted molar refractivity (Wildman–Crippen MR) is 26.9 cm³/mol. The molecule has 0 bridgehead atoms. The zero-order chi connectivity index (χ0) is 6.20. The Hall–Kier alpha value is -0.570. The molecule has 46 valence electrons. The van der Waals surface area contributed by atoms with E-state index in [4.69, 9.17) is 0 Å². The van der Waals surface area contributed by atoms with Crippen LogP contribution in [-0.2, 0) is 9.53 Å². The smallest absolute Gasteiger partial charge is 0.367 e. The Morgan fingerprint density at radius 3 is 2.38 bits per heavy atom. The van der Waals surface area contributed by atoms with E-state index in [2.05, 4.69) is 10.5 Å². The molecule has 3 N–H and O–H groups in total. The van der Waals surface area contributed by atoms with Crippen molar-refractivity contribution in [2.45, 2.75) is 18.4 Å². The van der Waals surface area contributed by atoms with Crippen molar-refractivity contribution in [1.29, 1.82) is 0 Å². The zero-order valence-electron chi connectivity index (χ0n) is 4.94. The Morgan fingerprint density at radius 1 is 1.75 bits per heavy atom. The molecule has 1 saturated carbocycles. The number of hydrogen-bond donors (Lipinski definition) is 1. The monoisotopic (exact) mass is 116 g/mol. The van der Waals surface area contributed by atoms with E-state index in [9.17, 15) is 4.79 Å². The van der Waals surface area contributed by atoms with Gasteiger partial charge in [-0.25, -0.2) is 4.79 Å². The van der Waals surface area contributed by atoms with Crippen LogP contribution >= 0.6 is 0 Å². The molecule has 3 heteroatoms. The fourth-order valence-electron chi connectivity index (χ4n) is 0.572. The fourth-order valence-corrected chi connectivity index (χ4v) is 0.572. The van der Waals surface area contributed by atoms with Crippen LogP contribution in [0.2, 0.25) is 0 Å². The highest BCUT2D eigenvalue weighted by atomic mass is 16.5. The highest BCUT2D eigenvalue weighted by Gasteiger charge is 2.52. The summed E-state index contributed by atoms with van der Waals surface area (Å²) in [5.41, 5.74) is 3.33. The zero-order valence-corrected chi connectivity index (χ0v) is 4.94. The van der Waals surface area contributed by atoms with Crippen LogP contribution in [0.1, 0.15) is 12.8 Å². The maximum Gasteiger partial charge on any atom is 0.367 e. The summed E-state index contributed by atoms with van der Waals surface area (Å²) in [5, 5.41) is 0. The molecular weight excluding hydrogens is 106 g/mol. The average Bonchev–Trinajstić information content (AvgIpc) is 2.47. The van der Waals surface area contributed by atoms with Crippen molar-refractivity contribution in [2.24, 2.45) is 0 Å². The summed E-state index contributed by atoms with van der Waals surface area (Å²) in [5.74, 6) is -0.169. The summed E-state index contributed by atoms with van der Waals surface area (Å²) in [6.07, 6.45) is 1.78. The SMILES string of the molecule is COC(=O)C1([NH3+])CC1. The van der Waals surface area contributed by atoms with Crippen molar-refractivity contribution in [3.05, 3.63) is 0 Å². The maximum atomic E-state index is 10.6. The molecule has 8 heavy (non-hydrogen) atoms. The van der Waals surface area contributed by atoms with Gasteiger partial charge in [0.25, 0.3) is 0 Å². The molecular formula is C5H10NO2+. The Balaban J connectivity index is 2.46. The Labute approximate surface area is 47.8 Å². The van der Waals surface area contributed by atoms with Gasteiger partial charge in [-0.15, -0.1) is 0 Å². The van der Waals surface area contributed by atoms with E-state index in [0.29, 0.717) is 0 Å². The highest BCUT2D eigenvalue weighted by molar-refractivity contribution is 5.81. The molecule has 1 fully saturated rings. The topological polar surface area (TPSA) is 53.9 Å². The van der Waals surface area contributed by atoms with E-state index in [0.717, 1.165) is 12.8 Å². The van der Waals surface area contributed by atoms with E-state index in [1.165, 1.54) is 7.11 Å². The first kappa shape index (κ1) is 5.56. The Bertz CT molecular complexity index is 118.